The summed E-state index contributed by atoms with van der Waals surface area (Å²) < 4.78 is 11.0. The third kappa shape index (κ3) is 5.97. The average Bonchev–Trinajstić information content (AvgIpc) is 2.83. The van der Waals surface area contributed by atoms with E-state index in [1.54, 1.807) is 24.3 Å². The van der Waals surface area contributed by atoms with Gasteiger partial charge in [-0.1, -0.05) is 32.4 Å². The van der Waals surface area contributed by atoms with E-state index >= 15 is 0 Å². The van der Waals surface area contributed by atoms with Crippen LogP contribution in [0.25, 0.3) is 0 Å². The third-order valence-electron chi connectivity index (χ3n) is 5.79. The molecule has 0 spiro atoms. The second-order valence-corrected chi connectivity index (χ2v) is 10.3. The molecule has 0 saturated carbocycles. The quantitative estimate of drug-likeness (QED) is 0.598. The lowest BCUT2D eigenvalue weighted by Gasteiger charge is -2.39. The van der Waals surface area contributed by atoms with Crippen LogP contribution in [0.1, 0.15) is 31.1 Å². The standard InChI is InChI=1S/C25H29ClN4O4S/c1-25(2,3)23(32)30-10-8-29(9-11-30)19-6-5-17(15-18(19)26)27-24(35)28-22(31)16-4-7-20-21(14-16)34-13-12-33-20/h4-7,14-15H,8-13H2,1-3H3,(H2,27,28,31,35). The lowest BCUT2D eigenvalue weighted by Crippen LogP contribution is -2.51. The van der Waals surface area contributed by atoms with E-state index < -0.39 is 0 Å². The number of ether oxygens (including phenoxy) is 2. The van der Waals surface area contributed by atoms with Gasteiger partial charge in [0.25, 0.3) is 5.91 Å². The molecule has 0 atom stereocenters. The monoisotopic (exact) mass is 516 g/mol. The SMILES string of the molecule is CC(C)(C)C(=O)N1CCN(c2ccc(NC(=S)NC(=O)c3ccc4c(c3)OCCO4)cc2Cl)CC1. The van der Waals surface area contributed by atoms with Gasteiger partial charge >= 0.3 is 0 Å². The number of carbonyl (C=O) groups is 2. The van der Waals surface area contributed by atoms with Crippen LogP contribution in [-0.2, 0) is 4.79 Å². The van der Waals surface area contributed by atoms with Crippen molar-refractivity contribution in [2.45, 2.75) is 20.8 Å². The number of benzene rings is 2. The summed E-state index contributed by atoms with van der Waals surface area (Å²) in [5.74, 6) is 0.957. The number of carbonyl (C=O) groups excluding carboxylic acids is 2. The van der Waals surface area contributed by atoms with E-state index in [0.717, 1.165) is 5.69 Å². The van der Waals surface area contributed by atoms with Crippen LogP contribution < -0.4 is 25.0 Å². The summed E-state index contributed by atoms with van der Waals surface area (Å²) in [4.78, 5) is 29.2. The number of piperazine rings is 1. The Hall–Kier alpha value is -3.04. The number of thiocarbonyl (C=S) groups is 1. The molecule has 2 aromatic rings. The Morgan fingerprint density at radius 2 is 1.66 bits per heavy atom. The van der Waals surface area contributed by atoms with Gasteiger partial charge in [-0.05, 0) is 48.6 Å². The normalized spacial score (nSPS) is 15.4. The highest BCUT2D eigenvalue weighted by Gasteiger charge is 2.30. The molecule has 2 aromatic carbocycles. The van der Waals surface area contributed by atoms with Crippen molar-refractivity contribution < 1.29 is 19.1 Å². The van der Waals surface area contributed by atoms with E-state index in [4.69, 9.17) is 33.3 Å². The van der Waals surface area contributed by atoms with Gasteiger partial charge in [-0.25, -0.2) is 0 Å². The molecule has 2 heterocycles. The van der Waals surface area contributed by atoms with Crippen LogP contribution in [-0.4, -0.2) is 61.2 Å². The Labute approximate surface area is 215 Å². The van der Waals surface area contributed by atoms with Crippen molar-refractivity contribution in [2.24, 2.45) is 5.41 Å². The number of hydrogen-bond donors (Lipinski definition) is 2. The molecule has 35 heavy (non-hydrogen) atoms. The zero-order valence-corrected chi connectivity index (χ0v) is 21.6. The fraction of sp³-hybridized carbons (Fsp3) is 0.400. The van der Waals surface area contributed by atoms with Gasteiger partial charge in [0.15, 0.2) is 16.6 Å². The zero-order chi connectivity index (χ0) is 25.2. The Bertz CT molecular complexity index is 1140. The average molecular weight is 517 g/mol. The van der Waals surface area contributed by atoms with Crippen LogP contribution in [0, 0.1) is 5.41 Å². The highest BCUT2D eigenvalue weighted by molar-refractivity contribution is 7.80. The molecule has 0 aromatic heterocycles. The fourth-order valence-electron chi connectivity index (χ4n) is 3.99. The molecule has 0 bridgehead atoms. The minimum atomic E-state index is -0.386. The fourth-order valence-corrected chi connectivity index (χ4v) is 4.50. The summed E-state index contributed by atoms with van der Waals surface area (Å²) in [5, 5.41) is 6.39. The summed E-state index contributed by atoms with van der Waals surface area (Å²) in [6.45, 7) is 9.47. The highest BCUT2D eigenvalue weighted by Crippen LogP contribution is 2.32. The van der Waals surface area contributed by atoms with E-state index in [-0.39, 0.29) is 22.3 Å². The first kappa shape index (κ1) is 25.1. The highest BCUT2D eigenvalue weighted by atomic mass is 35.5. The predicted octanol–water partition coefficient (Wildman–Crippen LogP) is 3.93. The molecule has 10 heteroatoms. The van der Waals surface area contributed by atoms with E-state index in [9.17, 15) is 9.59 Å². The lowest BCUT2D eigenvalue weighted by atomic mass is 9.94. The van der Waals surface area contributed by atoms with Crippen molar-refractivity contribution >= 4 is 52.1 Å². The minimum absolute atomic E-state index is 0.156. The summed E-state index contributed by atoms with van der Waals surface area (Å²) in [5.41, 5.74) is 1.58. The van der Waals surface area contributed by atoms with Crippen molar-refractivity contribution in [3.8, 4) is 11.5 Å². The second kappa shape index (κ2) is 10.3. The molecule has 0 radical (unpaired) electrons. The first-order chi connectivity index (χ1) is 16.6. The van der Waals surface area contributed by atoms with Gasteiger partial charge in [-0.3, -0.25) is 14.9 Å². The number of amides is 2. The number of nitrogens with one attached hydrogen (secondary N) is 2. The molecular formula is C25H29ClN4O4S. The van der Waals surface area contributed by atoms with Gasteiger partial charge in [0, 0.05) is 42.8 Å². The van der Waals surface area contributed by atoms with E-state index in [1.807, 2.05) is 37.8 Å². The predicted molar refractivity (Wildman–Crippen MR) is 141 cm³/mol. The maximum atomic E-state index is 12.6. The van der Waals surface area contributed by atoms with Gasteiger partial charge in [0.05, 0.1) is 10.7 Å². The first-order valence-electron chi connectivity index (χ1n) is 11.5. The number of rotatable bonds is 3. The van der Waals surface area contributed by atoms with Crippen LogP contribution >= 0.6 is 23.8 Å². The topological polar surface area (TPSA) is 83.1 Å². The number of halogens is 1. The van der Waals surface area contributed by atoms with Crippen LogP contribution in [0.2, 0.25) is 5.02 Å². The molecule has 2 aliphatic rings. The van der Waals surface area contributed by atoms with Crippen molar-refractivity contribution in [2.75, 3.05) is 49.6 Å². The summed E-state index contributed by atoms with van der Waals surface area (Å²) in [6.07, 6.45) is 0. The molecular weight excluding hydrogens is 488 g/mol. The first-order valence-corrected chi connectivity index (χ1v) is 12.3. The van der Waals surface area contributed by atoms with Gasteiger partial charge in [0.1, 0.15) is 13.2 Å². The molecule has 0 unspecified atom stereocenters. The Morgan fingerprint density at radius 1 is 0.971 bits per heavy atom. The molecule has 2 aliphatic heterocycles. The molecule has 0 aliphatic carbocycles. The smallest absolute Gasteiger partial charge is 0.257 e. The second-order valence-electron chi connectivity index (χ2n) is 9.46. The number of nitrogens with zero attached hydrogens (tertiary/aromatic N) is 2. The molecule has 2 amide bonds. The maximum absolute atomic E-state index is 12.6. The zero-order valence-electron chi connectivity index (χ0n) is 20.0. The van der Waals surface area contributed by atoms with E-state index in [1.165, 1.54) is 0 Å². The summed E-state index contributed by atoms with van der Waals surface area (Å²) >= 11 is 11.9. The van der Waals surface area contributed by atoms with Crippen molar-refractivity contribution in [1.82, 2.24) is 10.2 Å². The Balaban J connectivity index is 1.33. The van der Waals surface area contributed by atoms with Crippen LogP contribution in [0.15, 0.2) is 36.4 Å². The van der Waals surface area contributed by atoms with E-state index in [2.05, 4.69) is 15.5 Å². The molecule has 1 saturated heterocycles. The minimum Gasteiger partial charge on any atom is -0.486 e. The molecule has 8 nitrogen and oxygen atoms in total. The Kier molecular flexibility index (Phi) is 7.37. The van der Waals surface area contributed by atoms with Gasteiger partial charge < -0.3 is 24.6 Å². The van der Waals surface area contributed by atoms with Crippen molar-refractivity contribution in [1.29, 1.82) is 0 Å². The summed E-state index contributed by atoms with van der Waals surface area (Å²) in [7, 11) is 0. The Morgan fingerprint density at radius 3 is 2.31 bits per heavy atom. The largest absolute Gasteiger partial charge is 0.486 e. The van der Waals surface area contributed by atoms with Crippen molar-refractivity contribution in [3.05, 3.63) is 47.0 Å². The van der Waals surface area contributed by atoms with Crippen LogP contribution in [0.5, 0.6) is 11.5 Å². The molecule has 1 fully saturated rings. The number of anilines is 2. The van der Waals surface area contributed by atoms with Gasteiger partial charge in [-0.15, -0.1) is 0 Å². The maximum Gasteiger partial charge on any atom is 0.257 e. The van der Waals surface area contributed by atoms with Gasteiger partial charge in [0.2, 0.25) is 5.91 Å². The lowest BCUT2D eigenvalue weighted by molar-refractivity contribution is -0.139. The van der Waals surface area contributed by atoms with Crippen molar-refractivity contribution in [3.63, 3.8) is 0 Å². The summed E-state index contributed by atoms with van der Waals surface area (Å²) in [6, 6.07) is 10.5. The molecule has 4 rings (SSSR count). The number of hydrogen-bond acceptors (Lipinski definition) is 6. The van der Waals surface area contributed by atoms with E-state index in [0.29, 0.717) is 67.2 Å². The molecule has 2 N–H and O–H groups in total. The van der Waals surface area contributed by atoms with Gasteiger partial charge in [-0.2, -0.15) is 0 Å². The molecule has 186 valence electrons. The third-order valence-corrected chi connectivity index (χ3v) is 6.29. The van der Waals surface area contributed by atoms with Crippen LogP contribution in [0.3, 0.4) is 0 Å². The number of fused-ring (bicyclic) bond motifs is 1. The van der Waals surface area contributed by atoms with Crippen LogP contribution in [0.4, 0.5) is 11.4 Å².